The van der Waals surface area contributed by atoms with Crippen molar-refractivity contribution in [1.82, 2.24) is 14.9 Å². The van der Waals surface area contributed by atoms with Crippen LogP contribution in [0.15, 0.2) is 47.9 Å². The van der Waals surface area contributed by atoms with E-state index in [9.17, 15) is 9.59 Å². The van der Waals surface area contributed by atoms with Crippen LogP contribution in [0.4, 0.5) is 0 Å². The highest BCUT2D eigenvalue weighted by molar-refractivity contribution is 7.99. The van der Waals surface area contributed by atoms with Crippen LogP contribution in [0.25, 0.3) is 0 Å². The minimum Gasteiger partial charge on any atom is -0.449 e. The number of nitrogens with zero attached hydrogens (tertiary/aromatic N) is 3. The van der Waals surface area contributed by atoms with E-state index in [4.69, 9.17) is 4.74 Å². The Labute approximate surface area is 149 Å². The number of likely N-dealkylation sites (tertiary alicyclic amines) is 1. The lowest BCUT2D eigenvalue weighted by Crippen LogP contribution is -2.49. The molecule has 1 saturated heterocycles. The van der Waals surface area contributed by atoms with Gasteiger partial charge in [-0.3, -0.25) is 4.79 Å². The number of amides is 1. The summed E-state index contributed by atoms with van der Waals surface area (Å²) in [5, 5.41) is 0.584. The van der Waals surface area contributed by atoms with Gasteiger partial charge in [0.1, 0.15) is 0 Å². The summed E-state index contributed by atoms with van der Waals surface area (Å²) in [7, 11) is 0. The number of rotatable bonds is 3. The van der Waals surface area contributed by atoms with Gasteiger partial charge in [-0.2, -0.15) is 0 Å². The molecule has 1 atom stereocenters. The Morgan fingerprint density at radius 2 is 2.04 bits per heavy atom. The fourth-order valence-electron chi connectivity index (χ4n) is 3.46. The van der Waals surface area contributed by atoms with Crippen LogP contribution in [0.1, 0.15) is 28.8 Å². The molecule has 1 amide bonds. The molecule has 0 radical (unpaired) electrons. The number of fused-ring (bicyclic) bond motifs is 2. The fourth-order valence-corrected chi connectivity index (χ4v) is 4.17. The SMILES string of the molecule is O=C1OC2(CCCN(C(=O)CSc3ncccn3)C2)c2ccccc21. The van der Waals surface area contributed by atoms with Gasteiger partial charge in [-0.15, -0.1) is 0 Å². The topological polar surface area (TPSA) is 72.4 Å². The molecule has 7 heteroatoms. The van der Waals surface area contributed by atoms with E-state index in [1.807, 2.05) is 18.2 Å². The van der Waals surface area contributed by atoms with Gasteiger partial charge in [0.2, 0.25) is 5.91 Å². The average molecular weight is 355 g/mol. The molecule has 0 saturated carbocycles. The van der Waals surface area contributed by atoms with Crippen molar-refractivity contribution in [2.45, 2.75) is 23.6 Å². The molecule has 2 aromatic rings. The second-order valence-corrected chi connectivity index (χ2v) is 7.11. The summed E-state index contributed by atoms with van der Waals surface area (Å²) in [5.74, 6) is -0.00991. The Morgan fingerprint density at radius 1 is 1.24 bits per heavy atom. The molecule has 128 valence electrons. The maximum atomic E-state index is 12.6. The first-order chi connectivity index (χ1) is 12.2. The van der Waals surface area contributed by atoms with Gasteiger partial charge < -0.3 is 9.64 Å². The lowest BCUT2D eigenvalue weighted by atomic mass is 9.85. The van der Waals surface area contributed by atoms with Crippen LogP contribution in [0.2, 0.25) is 0 Å². The number of aromatic nitrogens is 2. The van der Waals surface area contributed by atoms with Crippen molar-refractivity contribution in [3.8, 4) is 0 Å². The zero-order valence-electron chi connectivity index (χ0n) is 13.6. The van der Waals surface area contributed by atoms with Crippen molar-refractivity contribution in [2.75, 3.05) is 18.8 Å². The molecule has 0 aliphatic carbocycles. The Kier molecular flexibility index (Phi) is 4.17. The minimum atomic E-state index is -0.699. The number of hydrogen-bond donors (Lipinski definition) is 0. The quantitative estimate of drug-likeness (QED) is 0.478. The van der Waals surface area contributed by atoms with E-state index in [1.165, 1.54) is 11.8 Å². The van der Waals surface area contributed by atoms with Crippen molar-refractivity contribution < 1.29 is 14.3 Å². The first-order valence-electron chi connectivity index (χ1n) is 8.18. The molecule has 2 aliphatic rings. The van der Waals surface area contributed by atoms with E-state index in [2.05, 4.69) is 9.97 Å². The Morgan fingerprint density at radius 3 is 2.88 bits per heavy atom. The summed E-state index contributed by atoms with van der Waals surface area (Å²) in [6.07, 6.45) is 4.86. The van der Waals surface area contributed by atoms with Crippen LogP contribution in [0.5, 0.6) is 0 Å². The number of piperidine rings is 1. The predicted octanol–water partition coefficient (Wildman–Crippen LogP) is 2.26. The number of carbonyl (C=O) groups excluding carboxylic acids is 2. The van der Waals surface area contributed by atoms with Crippen molar-refractivity contribution in [2.24, 2.45) is 0 Å². The molecule has 1 fully saturated rings. The molecule has 1 spiro atoms. The summed E-state index contributed by atoms with van der Waals surface area (Å²) >= 11 is 1.32. The summed E-state index contributed by atoms with van der Waals surface area (Å²) in [6, 6.07) is 9.20. The molecule has 1 unspecified atom stereocenters. The Hall–Kier alpha value is -2.41. The molecule has 3 heterocycles. The van der Waals surface area contributed by atoms with Crippen molar-refractivity contribution in [3.05, 3.63) is 53.9 Å². The summed E-state index contributed by atoms with van der Waals surface area (Å²) in [4.78, 5) is 34.8. The second kappa shape index (κ2) is 6.48. The van der Waals surface area contributed by atoms with Crippen LogP contribution < -0.4 is 0 Å². The average Bonchev–Trinajstić information content (AvgIpc) is 2.92. The van der Waals surface area contributed by atoms with E-state index in [-0.39, 0.29) is 17.6 Å². The van der Waals surface area contributed by atoms with E-state index < -0.39 is 5.60 Å². The van der Waals surface area contributed by atoms with Gasteiger partial charge >= 0.3 is 5.97 Å². The number of carbonyl (C=O) groups is 2. The number of hydrogen-bond acceptors (Lipinski definition) is 6. The highest BCUT2D eigenvalue weighted by Crippen LogP contribution is 2.42. The van der Waals surface area contributed by atoms with Gasteiger partial charge in [0.25, 0.3) is 0 Å². The summed E-state index contributed by atoms with van der Waals surface area (Å²) in [6.45, 7) is 1.08. The van der Waals surface area contributed by atoms with Crippen molar-refractivity contribution in [3.63, 3.8) is 0 Å². The van der Waals surface area contributed by atoms with Crippen LogP contribution in [0.3, 0.4) is 0 Å². The highest BCUT2D eigenvalue weighted by Gasteiger charge is 2.48. The molecule has 4 rings (SSSR count). The number of esters is 1. The largest absolute Gasteiger partial charge is 0.449 e. The zero-order chi connectivity index (χ0) is 17.3. The van der Waals surface area contributed by atoms with E-state index in [0.717, 1.165) is 18.4 Å². The molecule has 1 aromatic carbocycles. The first kappa shape index (κ1) is 16.1. The molecular formula is C18H17N3O3S. The molecule has 2 aliphatic heterocycles. The fraction of sp³-hybridized carbons (Fsp3) is 0.333. The predicted molar refractivity (Wildman–Crippen MR) is 92.1 cm³/mol. The van der Waals surface area contributed by atoms with E-state index in [0.29, 0.717) is 23.8 Å². The summed E-state index contributed by atoms with van der Waals surface area (Å²) in [5.41, 5.74) is 0.815. The van der Waals surface area contributed by atoms with Crippen LogP contribution in [-0.2, 0) is 15.1 Å². The normalized spacial score (nSPS) is 21.9. The maximum Gasteiger partial charge on any atom is 0.339 e. The third-order valence-electron chi connectivity index (χ3n) is 4.60. The maximum absolute atomic E-state index is 12.6. The lowest BCUT2D eigenvalue weighted by Gasteiger charge is -2.39. The van der Waals surface area contributed by atoms with Crippen LogP contribution in [-0.4, -0.2) is 45.6 Å². The minimum absolute atomic E-state index is 0.0111. The van der Waals surface area contributed by atoms with Gasteiger partial charge in [0, 0.05) is 24.5 Å². The molecular weight excluding hydrogens is 338 g/mol. The van der Waals surface area contributed by atoms with Crippen molar-refractivity contribution in [1.29, 1.82) is 0 Å². The molecule has 25 heavy (non-hydrogen) atoms. The molecule has 0 N–H and O–H groups in total. The second-order valence-electron chi connectivity index (χ2n) is 6.17. The number of ether oxygens (including phenoxy) is 1. The van der Waals surface area contributed by atoms with Gasteiger partial charge in [-0.05, 0) is 25.0 Å². The number of thioether (sulfide) groups is 1. The lowest BCUT2D eigenvalue weighted by molar-refractivity contribution is -0.135. The van der Waals surface area contributed by atoms with Crippen molar-refractivity contribution >= 4 is 23.6 Å². The monoisotopic (exact) mass is 355 g/mol. The van der Waals surface area contributed by atoms with Gasteiger partial charge in [0.05, 0.1) is 17.9 Å². The third-order valence-corrected chi connectivity index (χ3v) is 5.46. The summed E-state index contributed by atoms with van der Waals surface area (Å²) < 4.78 is 5.74. The van der Waals surface area contributed by atoms with E-state index >= 15 is 0 Å². The van der Waals surface area contributed by atoms with Gasteiger partial charge in [-0.25, -0.2) is 14.8 Å². The van der Waals surface area contributed by atoms with Gasteiger partial charge in [0.15, 0.2) is 10.8 Å². The van der Waals surface area contributed by atoms with Crippen LogP contribution in [0, 0.1) is 0 Å². The Balaban J connectivity index is 1.48. The number of benzene rings is 1. The molecule has 6 nitrogen and oxygen atoms in total. The standard InChI is InChI=1S/C18H17N3O3S/c22-15(11-25-17-19-8-4-9-20-17)21-10-3-7-18(12-21)14-6-2-1-5-13(14)16(23)24-18/h1-2,4-6,8-9H,3,7,10-12H2. The smallest absolute Gasteiger partial charge is 0.339 e. The van der Waals surface area contributed by atoms with Gasteiger partial charge in [-0.1, -0.05) is 30.0 Å². The van der Waals surface area contributed by atoms with Crippen LogP contribution >= 0.6 is 11.8 Å². The Bertz CT molecular complexity index is 814. The molecule has 1 aromatic heterocycles. The molecule has 0 bridgehead atoms. The first-order valence-corrected chi connectivity index (χ1v) is 9.17. The van der Waals surface area contributed by atoms with E-state index in [1.54, 1.807) is 29.4 Å². The zero-order valence-corrected chi connectivity index (χ0v) is 14.4. The highest BCUT2D eigenvalue weighted by atomic mass is 32.2. The third kappa shape index (κ3) is 3.00.